The van der Waals surface area contributed by atoms with Gasteiger partial charge in [0.05, 0.1) is 5.92 Å². The summed E-state index contributed by atoms with van der Waals surface area (Å²) in [5.41, 5.74) is 6.58. The first-order valence-electron chi connectivity index (χ1n) is 12.3. The van der Waals surface area contributed by atoms with Crippen LogP contribution in [0.4, 0.5) is 0 Å². The third-order valence-corrected chi connectivity index (χ3v) is 8.81. The molecule has 1 saturated heterocycles. The first kappa shape index (κ1) is 29.2. The number of carbonyl (C=O) groups is 2. The lowest BCUT2D eigenvalue weighted by molar-refractivity contribution is -0.139. The van der Waals surface area contributed by atoms with E-state index in [1.54, 1.807) is 0 Å². The van der Waals surface area contributed by atoms with Gasteiger partial charge in [0.1, 0.15) is 0 Å². The van der Waals surface area contributed by atoms with Crippen LogP contribution in [0, 0.1) is 11.3 Å². The molecule has 0 bridgehead atoms. The molecule has 1 aliphatic heterocycles. The van der Waals surface area contributed by atoms with Gasteiger partial charge in [0.15, 0.2) is 0 Å². The summed E-state index contributed by atoms with van der Waals surface area (Å²) in [5.74, 6) is -0.338. The lowest BCUT2D eigenvalue weighted by Gasteiger charge is -2.48. The lowest BCUT2D eigenvalue weighted by Crippen LogP contribution is -2.42. The lowest BCUT2D eigenvalue weighted by atomic mass is 9.65. The van der Waals surface area contributed by atoms with Crippen molar-refractivity contribution < 1.29 is 9.59 Å². The summed E-state index contributed by atoms with van der Waals surface area (Å²) >= 11 is 0. The van der Waals surface area contributed by atoms with E-state index in [2.05, 4.69) is 57.1 Å². The number of nitrogens with one attached hydrogen (secondary N) is 3. The summed E-state index contributed by atoms with van der Waals surface area (Å²) < 4.78 is 0. The Balaban J connectivity index is 2.56. The van der Waals surface area contributed by atoms with E-state index in [-0.39, 0.29) is 28.3 Å². The Hall–Kier alpha value is -0.850. The Kier molecular flexibility index (Phi) is 13.2. The van der Waals surface area contributed by atoms with Gasteiger partial charge in [0, 0.05) is 52.4 Å². The summed E-state index contributed by atoms with van der Waals surface area (Å²) in [6, 6.07) is 0. The smallest absolute Gasteiger partial charge is 0.233 e. The van der Waals surface area contributed by atoms with Crippen LogP contribution >= 0.6 is 8.58 Å². The van der Waals surface area contributed by atoms with Gasteiger partial charge in [-0.15, -0.1) is 8.58 Å². The number of likely N-dealkylation sites (tertiary alicyclic amines) is 1. The molecule has 0 aromatic heterocycles. The number of nitrogens with zero attached hydrogens (tertiary/aromatic N) is 1. The number of amides is 2. The first-order valence-corrected chi connectivity index (χ1v) is 13.5. The summed E-state index contributed by atoms with van der Waals surface area (Å²) in [6.45, 7) is 20.7. The second kappa shape index (κ2) is 14.4. The zero-order chi connectivity index (χ0) is 24.2. The second-order valence-electron chi connectivity index (χ2n) is 9.25. The van der Waals surface area contributed by atoms with E-state index in [4.69, 9.17) is 5.73 Å². The minimum Gasteiger partial charge on any atom is -0.329 e. The van der Waals surface area contributed by atoms with Crippen molar-refractivity contribution in [2.24, 2.45) is 17.1 Å². The molecule has 1 rings (SSSR count). The molecule has 0 saturated carbocycles. The van der Waals surface area contributed by atoms with Gasteiger partial charge in [-0.3, -0.25) is 14.5 Å². The first-order chi connectivity index (χ1) is 15.2. The molecule has 0 aromatic carbocycles. The molecule has 2 atom stereocenters. The Morgan fingerprint density at radius 3 is 2.31 bits per heavy atom. The van der Waals surface area contributed by atoms with E-state index in [0.717, 1.165) is 59.5 Å². The number of rotatable bonds is 18. The molecule has 186 valence electrons. The van der Waals surface area contributed by atoms with Crippen LogP contribution in [0.25, 0.3) is 0 Å². The van der Waals surface area contributed by atoms with E-state index < -0.39 is 0 Å². The number of hydrogen-bond donors (Lipinski definition) is 4. The van der Waals surface area contributed by atoms with Crippen molar-refractivity contribution in [1.29, 1.82) is 0 Å². The predicted molar refractivity (Wildman–Crippen MR) is 137 cm³/mol. The van der Waals surface area contributed by atoms with Crippen LogP contribution in [0.15, 0.2) is 12.2 Å². The largest absolute Gasteiger partial charge is 0.329 e. The van der Waals surface area contributed by atoms with Gasteiger partial charge in [0.25, 0.3) is 0 Å². The molecular formula is C24H48N5O2P. The molecular weight excluding hydrogens is 421 g/mol. The zero-order valence-corrected chi connectivity index (χ0v) is 22.1. The van der Waals surface area contributed by atoms with E-state index in [1.165, 1.54) is 4.90 Å². The van der Waals surface area contributed by atoms with Crippen molar-refractivity contribution in [3.8, 4) is 0 Å². The van der Waals surface area contributed by atoms with Crippen LogP contribution in [0.5, 0.6) is 0 Å². The van der Waals surface area contributed by atoms with E-state index in [1.807, 2.05) is 0 Å². The van der Waals surface area contributed by atoms with E-state index in [0.29, 0.717) is 32.5 Å². The van der Waals surface area contributed by atoms with Crippen LogP contribution < -0.4 is 21.7 Å². The van der Waals surface area contributed by atoms with Crippen LogP contribution in [-0.4, -0.2) is 74.0 Å². The van der Waals surface area contributed by atoms with Crippen LogP contribution in [0.2, 0.25) is 0 Å². The fourth-order valence-electron chi connectivity index (χ4n) is 5.19. The molecule has 0 radical (unpaired) electrons. The Morgan fingerprint density at radius 2 is 1.72 bits per heavy atom. The second-order valence-corrected chi connectivity index (χ2v) is 11.6. The van der Waals surface area contributed by atoms with Crippen molar-refractivity contribution >= 4 is 20.4 Å². The van der Waals surface area contributed by atoms with Gasteiger partial charge in [-0.25, -0.2) is 0 Å². The molecule has 1 fully saturated rings. The number of allylic oxidation sites excluding steroid dienone is 1. The van der Waals surface area contributed by atoms with Crippen LogP contribution in [-0.2, 0) is 9.59 Å². The number of imide groups is 1. The monoisotopic (exact) mass is 469 g/mol. The third-order valence-electron chi connectivity index (χ3n) is 7.09. The van der Waals surface area contributed by atoms with Crippen molar-refractivity contribution in [2.75, 3.05) is 52.1 Å². The molecule has 32 heavy (non-hydrogen) atoms. The van der Waals surface area contributed by atoms with E-state index in [9.17, 15) is 9.59 Å². The van der Waals surface area contributed by atoms with Gasteiger partial charge in [0.2, 0.25) is 11.8 Å². The fourth-order valence-corrected chi connectivity index (χ4v) is 6.94. The summed E-state index contributed by atoms with van der Waals surface area (Å²) in [4.78, 5) is 27.0. The highest BCUT2D eigenvalue weighted by molar-refractivity contribution is 7.39. The topological polar surface area (TPSA) is 99.5 Å². The van der Waals surface area contributed by atoms with Crippen molar-refractivity contribution in [2.45, 2.75) is 65.5 Å². The van der Waals surface area contributed by atoms with Gasteiger partial charge in [-0.1, -0.05) is 46.8 Å². The number of nitrogens with two attached hydrogens (primary N) is 1. The summed E-state index contributed by atoms with van der Waals surface area (Å²) in [6.07, 6.45) is 4.12. The molecule has 2 unspecified atom stereocenters. The minimum absolute atomic E-state index is 0.00572. The Bertz CT molecular complexity index is 607. The number of carbonyl (C=O) groups excluding carboxylic acids is 2. The van der Waals surface area contributed by atoms with Gasteiger partial charge < -0.3 is 21.7 Å². The Morgan fingerprint density at radius 1 is 1.09 bits per heavy atom. The van der Waals surface area contributed by atoms with E-state index >= 15 is 0 Å². The average molecular weight is 470 g/mol. The standard InChI is InChI=1S/C24H48N5O2P/c1-7-24(8-2,23(5,6)32-9-3)19(4)16-20-17-21(30)29(22(20)31)15-14-26-12-13-28-18-27-11-10-25/h20,26-28,32H,4,7-18,25H2,1-3,5-6H3. The maximum absolute atomic E-state index is 13.0. The van der Waals surface area contributed by atoms with Crippen molar-refractivity contribution in [1.82, 2.24) is 20.9 Å². The molecule has 1 heterocycles. The molecule has 8 heteroatoms. The quantitative estimate of drug-likeness (QED) is 0.0808. The number of hydrogen-bond acceptors (Lipinski definition) is 6. The van der Waals surface area contributed by atoms with Crippen LogP contribution in [0.3, 0.4) is 0 Å². The molecule has 0 aliphatic carbocycles. The third kappa shape index (κ3) is 7.59. The fraction of sp³-hybridized carbons (Fsp3) is 0.833. The predicted octanol–water partition coefficient (Wildman–Crippen LogP) is 2.28. The summed E-state index contributed by atoms with van der Waals surface area (Å²) in [7, 11) is 0.850. The highest BCUT2D eigenvalue weighted by Crippen LogP contribution is 2.55. The highest BCUT2D eigenvalue weighted by atomic mass is 31.1. The molecule has 1 aliphatic rings. The van der Waals surface area contributed by atoms with Gasteiger partial charge >= 0.3 is 0 Å². The Labute approximate surface area is 197 Å². The zero-order valence-electron chi connectivity index (χ0n) is 21.1. The molecule has 0 spiro atoms. The normalized spacial score (nSPS) is 17.8. The SMILES string of the molecule is C=C(CC1CC(=O)N(CCNCCNCNCCN)C1=O)C(CC)(CC)C(C)(C)PCC. The maximum atomic E-state index is 13.0. The molecule has 0 aromatic rings. The maximum Gasteiger partial charge on any atom is 0.233 e. The molecule has 2 amide bonds. The molecule has 5 N–H and O–H groups in total. The molecule has 7 nitrogen and oxygen atoms in total. The van der Waals surface area contributed by atoms with Crippen molar-refractivity contribution in [3.63, 3.8) is 0 Å². The highest BCUT2D eigenvalue weighted by Gasteiger charge is 2.46. The van der Waals surface area contributed by atoms with Crippen LogP contribution in [0.1, 0.15) is 60.3 Å². The average Bonchev–Trinajstić information content (AvgIpc) is 3.00. The minimum atomic E-state index is -0.261. The van der Waals surface area contributed by atoms with Gasteiger partial charge in [-0.2, -0.15) is 0 Å². The van der Waals surface area contributed by atoms with Gasteiger partial charge in [-0.05, 0) is 36.0 Å². The summed E-state index contributed by atoms with van der Waals surface area (Å²) in [5, 5.41) is 9.87. The van der Waals surface area contributed by atoms with Crippen molar-refractivity contribution in [3.05, 3.63) is 12.2 Å².